The van der Waals surface area contributed by atoms with E-state index in [0.717, 1.165) is 12.4 Å². The van der Waals surface area contributed by atoms with Gasteiger partial charge in [-0.3, -0.25) is 0 Å². The Balaban J connectivity index is 2.02. The Bertz CT molecular complexity index is 658. The zero-order valence-electron chi connectivity index (χ0n) is 13.1. The molecule has 1 aromatic rings. The summed E-state index contributed by atoms with van der Waals surface area (Å²) in [6.07, 6.45) is 8.14. The average molecular weight is 312 g/mol. The fourth-order valence-corrected chi connectivity index (χ4v) is 3.08. The van der Waals surface area contributed by atoms with Crippen molar-refractivity contribution in [2.24, 2.45) is 4.99 Å². The lowest BCUT2D eigenvalue weighted by Gasteiger charge is -2.43. The van der Waals surface area contributed by atoms with Gasteiger partial charge in [0.05, 0.1) is 0 Å². The monoisotopic (exact) mass is 312 g/mol. The van der Waals surface area contributed by atoms with Crippen molar-refractivity contribution in [2.75, 3.05) is 25.5 Å². The van der Waals surface area contributed by atoms with Crippen molar-refractivity contribution >= 4 is 28.9 Å². The van der Waals surface area contributed by atoms with Crippen LogP contribution >= 0.6 is 12.2 Å². The third-order valence-electron chi connectivity index (χ3n) is 3.93. The summed E-state index contributed by atoms with van der Waals surface area (Å²) in [4.78, 5) is 10.9. The van der Waals surface area contributed by atoms with Crippen molar-refractivity contribution in [3.63, 3.8) is 0 Å². The molecule has 0 aliphatic carbocycles. The van der Waals surface area contributed by atoms with E-state index in [1.54, 1.807) is 0 Å². The molecule has 0 fully saturated rings. The van der Waals surface area contributed by atoms with Gasteiger partial charge in [0.1, 0.15) is 12.0 Å². The minimum Gasteiger partial charge on any atom is -0.378 e. The average Bonchev–Trinajstić information content (AvgIpc) is 2.53. The summed E-state index contributed by atoms with van der Waals surface area (Å²) < 4.78 is 0. The lowest BCUT2D eigenvalue weighted by Crippen LogP contribution is -2.48. The highest BCUT2D eigenvalue weighted by molar-refractivity contribution is 7.80. The predicted octanol–water partition coefficient (Wildman–Crippen LogP) is 3.16. The lowest BCUT2D eigenvalue weighted by molar-refractivity contribution is 0.201. The number of anilines is 1. The number of rotatable bonds is 3. The largest absolute Gasteiger partial charge is 0.378 e. The number of hydrogen-bond donors (Lipinski definition) is 0. The number of hydrogen-bond acceptors (Lipinski definition) is 3. The van der Waals surface area contributed by atoms with Gasteiger partial charge in [-0.15, -0.1) is 0 Å². The smallest absolute Gasteiger partial charge is 0.199 e. The van der Waals surface area contributed by atoms with Gasteiger partial charge in [-0.1, -0.05) is 18.2 Å². The number of fused-ring (bicyclic) bond motifs is 1. The molecule has 5 heteroatoms. The van der Waals surface area contributed by atoms with Crippen molar-refractivity contribution in [1.82, 2.24) is 9.80 Å². The van der Waals surface area contributed by atoms with Gasteiger partial charge in [0.2, 0.25) is 0 Å². The van der Waals surface area contributed by atoms with Crippen LogP contribution in [0, 0.1) is 0 Å². The summed E-state index contributed by atoms with van der Waals surface area (Å²) in [5, 5.41) is 0.649. The number of nitrogens with zero attached hydrogens (tertiary/aromatic N) is 4. The Kier molecular flexibility index (Phi) is 3.98. The second-order valence-electron chi connectivity index (χ2n) is 5.51. The molecule has 4 nitrogen and oxygen atoms in total. The van der Waals surface area contributed by atoms with Crippen LogP contribution in [0.5, 0.6) is 0 Å². The van der Waals surface area contributed by atoms with Crippen LogP contribution in [0.2, 0.25) is 0 Å². The Morgan fingerprint density at radius 2 is 1.91 bits per heavy atom. The molecule has 0 radical (unpaired) electrons. The maximum atomic E-state index is 5.48. The molecule has 0 spiro atoms. The van der Waals surface area contributed by atoms with Crippen molar-refractivity contribution < 1.29 is 0 Å². The van der Waals surface area contributed by atoms with Crippen LogP contribution in [0.3, 0.4) is 0 Å². The molecule has 114 valence electrons. The van der Waals surface area contributed by atoms with E-state index in [4.69, 9.17) is 12.2 Å². The van der Waals surface area contributed by atoms with Crippen LogP contribution in [0.4, 0.5) is 5.69 Å². The van der Waals surface area contributed by atoms with Gasteiger partial charge >= 0.3 is 0 Å². The molecule has 2 heterocycles. The van der Waals surface area contributed by atoms with Crippen LogP contribution in [-0.4, -0.2) is 41.4 Å². The third-order valence-corrected chi connectivity index (χ3v) is 4.26. The van der Waals surface area contributed by atoms with Crippen LogP contribution in [0.15, 0.2) is 53.7 Å². The van der Waals surface area contributed by atoms with Gasteiger partial charge in [0.25, 0.3) is 0 Å². The highest BCUT2D eigenvalue weighted by Gasteiger charge is 2.32. The summed E-state index contributed by atoms with van der Waals surface area (Å²) in [6.45, 7) is 2.93. The minimum absolute atomic E-state index is 0.0578. The number of benzene rings is 1. The number of thiocarbonyl (C=S) groups is 1. The molecule has 1 unspecified atom stereocenters. The molecular formula is C17H20N4S. The summed E-state index contributed by atoms with van der Waals surface area (Å²) in [5.74, 6) is 0.902. The molecule has 1 atom stereocenters. The summed E-state index contributed by atoms with van der Waals surface area (Å²) in [5.41, 5.74) is 2.40. The first-order chi connectivity index (χ1) is 10.6. The molecule has 0 saturated carbocycles. The normalized spacial score (nSPS) is 20.0. The van der Waals surface area contributed by atoms with E-state index in [1.165, 1.54) is 11.3 Å². The molecule has 2 aliphatic heterocycles. The molecule has 0 aromatic heterocycles. The van der Waals surface area contributed by atoms with Gasteiger partial charge in [-0.05, 0) is 49.0 Å². The maximum Gasteiger partial charge on any atom is 0.199 e. The SMILES string of the molecule is CCN1C(=S)N=C2C=CC=CN2C1c1ccc(N(C)C)cc1. The van der Waals surface area contributed by atoms with Crippen LogP contribution in [-0.2, 0) is 0 Å². The summed E-state index contributed by atoms with van der Waals surface area (Å²) >= 11 is 5.48. The van der Waals surface area contributed by atoms with Crippen LogP contribution < -0.4 is 4.90 Å². The van der Waals surface area contributed by atoms with E-state index in [1.807, 2.05) is 32.3 Å². The third kappa shape index (κ3) is 2.52. The summed E-state index contributed by atoms with van der Waals surface area (Å²) in [7, 11) is 4.10. The molecule has 22 heavy (non-hydrogen) atoms. The van der Waals surface area contributed by atoms with E-state index in [2.05, 4.69) is 57.1 Å². The van der Waals surface area contributed by atoms with E-state index >= 15 is 0 Å². The first-order valence-corrected chi connectivity index (χ1v) is 7.82. The fraction of sp³-hybridized carbons (Fsp3) is 0.294. The van der Waals surface area contributed by atoms with Gasteiger partial charge < -0.3 is 14.7 Å². The molecular weight excluding hydrogens is 292 g/mol. The van der Waals surface area contributed by atoms with Crippen molar-refractivity contribution in [2.45, 2.75) is 13.1 Å². The highest BCUT2D eigenvalue weighted by Crippen LogP contribution is 2.32. The van der Waals surface area contributed by atoms with E-state index in [0.29, 0.717) is 5.11 Å². The highest BCUT2D eigenvalue weighted by atomic mass is 32.1. The molecule has 3 rings (SSSR count). The lowest BCUT2D eigenvalue weighted by atomic mass is 10.1. The second kappa shape index (κ2) is 5.93. The zero-order chi connectivity index (χ0) is 15.7. The number of aliphatic imine (C=N–C) groups is 1. The standard InChI is InChI=1S/C17H20N4S/c1-4-20-16(13-8-10-14(11-9-13)19(2)3)21-12-6-5-7-15(21)18-17(20)22/h5-12,16H,4H2,1-3H3. The quantitative estimate of drug-likeness (QED) is 0.799. The number of amidine groups is 1. The Morgan fingerprint density at radius 1 is 1.18 bits per heavy atom. The molecule has 0 N–H and O–H groups in total. The Labute approximate surface area is 137 Å². The maximum absolute atomic E-state index is 5.48. The molecule has 0 bridgehead atoms. The van der Waals surface area contributed by atoms with Crippen molar-refractivity contribution in [1.29, 1.82) is 0 Å². The van der Waals surface area contributed by atoms with Gasteiger partial charge in [-0.25, -0.2) is 4.99 Å². The molecule has 0 amide bonds. The first kappa shape index (κ1) is 14.8. The second-order valence-corrected chi connectivity index (χ2v) is 5.87. The van der Waals surface area contributed by atoms with E-state index < -0.39 is 0 Å². The van der Waals surface area contributed by atoms with Crippen LogP contribution in [0.25, 0.3) is 0 Å². The minimum atomic E-state index is 0.0578. The number of allylic oxidation sites excluding steroid dienone is 2. The van der Waals surface area contributed by atoms with Crippen molar-refractivity contribution in [3.8, 4) is 0 Å². The molecule has 2 aliphatic rings. The Morgan fingerprint density at radius 3 is 2.55 bits per heavy atom. The zero-order valence-corrected chi connectivity index (χ0v) is 13.9. The molecule has 1 aromatic carbocycles. The fourth-order valence-electron chi connectivity index (χ4n) is 2.76. The van der Waals surface area contributed by atoms with Crippen molar-refractivity contribution in [3.05, 3.63) is 54.3 Å². The van der Waals surface area contributed by atoms with Gasteiger partial charge in [-0.2, -0.15) is 0 Å². The summed E-state index contributed by atoms with van der Waals surface area (Å²) in [6, 6.07) is 8.61. The van der Waals surface area contributed by atoms with Gasteiger partial charge in [0, 0.05) is 32.5 Å². The first-order valence-electron chi connectivity index (χ1n) is 7.41. The molecule has 0 saturated heterocycles. The topological polar surface area (TPSA) is 22.1 Å². The van der Waals surface area contributed by atoms with Crippen LogP contribution in [0.1, 0.15) is 18.7 Å². The van der Waals surface area contributed by atoms with E-state index in [9.17, 15) is 0 Å². The Hall–Kier alpha value is -2.14. The van der Waals surface area contributed by atoms with Gasteiger partial charge in [0.15, 0.2) is 5.11 Å². The van der Waals surface area contributed by atoms with E-state index in [-0.39, 0.29) is 6.17 Å². The predicted molar refractivity (Wildman–Crippen MR) is 96.0 cm³/mol.